The first kappa shape index (κ1) is 15.9. The molecule has 108 valence electrons. The monoisotopic (exact) mass is 340 g/mol. The number of aryl methyl sites for hydroxylation is 1. The molecule has 0 saturated heterocycles. The van der Waals surface area contributed by atoms with Gasteiger partial charge in [-0.2, -0.15) is 0 Å². The number of esters is 1. The van der Waals surface area contributed by atoms with E-state index in [9.17, 15) is 4.79 Å². The van der Waals surface area contributed by atoms with Crippen LogP contribution in [-0.2, 0) is 4.79 Å². The van der Waals surface area contributed by atoms with Crippen molar-refractivity contribution in [2.75, 3.05) is 0 Å². The minimum absolute atomic E-state index is 0.467. The molecule has 0 amide bonds. The Morgan fingerprint density at radius 3 is 2.38 bits per heavy atom. The Labute approximate surface area is 137 Å². The maximum atomic E-state index is 11.8. The van der Waals surface area contributed by atoms with Crippen LogP contribution >= 0.6 is 34.8 Å². The van der Waals surface area contributed by atoms with E-state index in [0.29, 0.717) is 26.4 Å². The minimum Gasteiger partial charge on any atom is -0.423 e. The van der Waals surface area contributed by atoms with Gasteiger partial charge in [0.25, 0.3) is 0 Å². The van der Waals surface area contributed by atoms with Crippen molar-refractivity contribution in [1.29, 1.82) is 0 Å². The van der Waals surface area contributed by atoms with Gasteiger partial charge in [0.15, 0.2) is 0 Å². The molecule has 0 aliphatic rings. The Bertz CT molecular complexity index is 709. The van der Waals surface area contributed by atoms with Gasteiger partial charge in [-0.05, 0) is 54.5 Å². The van der Waals surface area contributed by atoms with Gasteiger partial charge in [-0.25, -0.2) is 4.79 Å². The van der Waals surface area contributed by atoms with Gasteiger partial charge in [0.05, 0.1) is 0 Å². The maximum Gasteiger partial charge on any atom is 0.336 e. The predicted octanol–water partition coefficient (Wildman–Crippen LogP) is 5.57. The Balaban J connectivity index is 2.09. The fraction of sp³-hybridized carbons (Fsp3) is 0.0625. The second-order valence-electron chi connectivity index (χ2n) is 4.33. The molecule has 2 rings (SSSR count). The van der Waals surface area contributed by atoms with E-state index in [1.165, 1.54) is 6.08 Å². The molecule has 5 heteroatoms. The van der Waals surface area contributed by atoms with Crippen molar-refractivity contribution in [1.82, 2.24) is 0 Å². The normalized spacial score (nSPS) is 10.9. The lowest BCUT2D eigenvalue weighted by atomic mass is 10.2. The molecule has 0 heterocycles. The van der Waals surface area contributed by atoms with Gasteiger partial charge in [0.1, 0.15) is 5.75 Å². The lowest BCUT2D eigenvalue weighted by Crippen LogP contribution is -2.04. The quantitative estimate of drug-likeness (QED) is 0.414. The summed E-state index contributed by atoms with van der Waals surface area (Å²) in [5.74, 6) is -0.0253. The fourth-order valence-corrected chi connectivity index (χ4v) is 2.36. The van der Waals surface area contributed by atoms with E-state index < -0.39 is 5.97 Å². The van der Waals surface area contributed by atoms with Crippen molar-refractivity contribution in [3.05, 3.63) is 68.7 Å². The van der Waals surface area contributed by atoms with E-state index in [1.807, 2.05) is 6.92 Å². The summed E-state index contributed by atoms with van der Waals surface area (Å²) >= 11 is 17.7. The zero-order chi connectivity index (χ0) is 15.4. The average molecular weight is 342 g/mol. The Morgan fingerprint density at radius 1 is 1.05 bits per heavy atom. The number of rotatable bonds is 3. The molecule has 0 fully saturated rings. The molecule has 0 aliphatic carbocycles. The first-order valence-electron chi connectivity index (χ1n) is 6.07. The van der Waals surface area contributed by atoms with E-state index >= 15 is 0 Å². The van der Waals surface area contributed by atoms with Crippen LogP contribution in [0.2, 0.25) is 15.1 Å². The number of ether oxygens (including phenoxy) is 1. The molecule has 2 aromatic carbocycles. The number of carbonyl (C=O) groups excluding carboxylic acids is 1. The molecule has 0 spiro atoms. The molecule has 0 radical (unpaired) electrons. The Kier molecular flexibility index (Phi) is 5.29. The van der Waals surface area contributed by atoms with Crippen LogP contribution < -0.4 is 4.74 Å². The first-order valence-corrected chi connectivity index (χ1v) is 7.20. The molecule has 2 aromatic rings. The van der Waals surface area contributed by atoms with Crippen molar-refractivity contribution < 1.29 is 9.53 Å². The largest absolute Gasteiger partial charge is 0.423 e. The van der Waals surface area contributed by atoms with Crippen molar-refractivity contribution >= 4 is 46.8 Å². The molecular formula is C16H11Cl3O2. The summed E-state index contributed by atoms with van der Waals surface area (Å²) in [6, 6.07) is 10.1. The molecular weight excluding hydrogens is 331 g/mol. The smallest absolute Gasteiger partial charge is 0.336 e. The SMILES string of the molecule is Cc1cc(Cl)ccc1OC(=O)/C=C/c1ccc(Cl)cc1Cl. The summed E-state index contributed by atoms with van der Waals surface area (Å²) in [5.41, 5.74) is 1.47. The van der Waals surface area contributed by atoms with E-state index in [4.69, 9.17) is 39.5 Å². The number of halogens is 3. The topological polar surface area (TPSA) is 26.3 Å². The molecule has 0 saturated carbocycles. The summed E-state index contributed by atoms with van der Waals surface area (Å²) in [7, 11) is 0. The van der Waals surface area contributed by atoms with Gasteiger partial charge >= 0.3 is 5.97 Å². The van der Waals surface area contributed by atoms with Crippen LogP contribution in [0.25, 0.3) is 6.08 Å². The molecule has 0 atom stereocenters. The van der Waals surface area contributed by atoms with Gasteiger partial charge < -0.3 is 4.74 Å². The number of carbonyl (C=O) groups is 1. The third-order valence-electron chi connectivity index (χ3n) is 2.71. The van der Waals surface area contributed by atoms with Gasteiger partial charge in [-0.15, -0.1) is 0 Å². The lowest BCUT2D eigenvalue weighted by Gasteiger charge is -2.05. The minimum atomic E-state index is -0.494. The highest BCUT2D eigenvalue weighted by Gasteiger charge is 2.05. The molecule has 2 nitrogen and oxygen atoms in total. The average Bonchev–Trinajstić information content (AvgIpc) is 2.41. The van der Waals surface area contributed by atoms with Crippen LogP contribution in [0.4, 0.5) is 0 Å². The Hall–Kier alpha value is -1.48. The van der Waals surface area contributed by atoms with Crippen LogP contribution in [0.5, 0.6) is 5.75 Å². The second-order valence-corrected chi connectivity index (χ2v) is 5.61. The van der Waals surface area contributed by atoms with Gasteiger partial charge in [0, 0.05) is 21.1 Å². The van der Waals surface area contributed by atoms with E-state index in [1.54, 1.807) is 42.5 Å². The summed E-state index contributed by atoms with van der Waals surface area (Å²) in [4.78, 5) is 11.8. The summed E-state index contributed by atoms with van der Waals surface area (Å²) in [5, 5.41) is 1.60. The van der Waals surface area contributed by atoms with E-state index in [0.717, 1.165) is 5.56 Å². The van der Waals surface area contributed by atoms with Crippen LogP contribution in [0, 0.1) is 6.92 Å². The molecule has 0 bridgehead atoms. The van der Waals surface area contributed by atoms with Crippen molar-refractivity contribution in [2.24, 2.45) is 0 Å². The predicted molar refractivity (Wildman–Crippen MR) is 87.3 cm³/mol. The molecule has 21 heavy (non-hydrogen) atoms. The molecule has 0 N–H and O–H groups in total. The first-order chi connectivity index (χ1) is 9.95. The van der Waals surface area contributed by atoms with Gasteiger partial charge in [-0.3, -0.25) is 0 Å². The zero-order valence-corrected chi connectivity index (χ0v) is 13.3. The highest BCUT2D eigenvalue weighted by molar-refractivity contribution is 6.35. The van der Waals surface area contributed by atoms with Crippen LogP contribution in [-0.4, -0.2) is 5.97 Å². The van der Waals surface area contributed by atoms with E-state index in [2.05, 4.69) is 0 Å². The summed E-state index contributed by atoms with van der Waals surface area (Å²) < 4.78 is 5.23. The van der Waals surface area contributed by atoms with Crippen molar-refractivity contribution in [3.8, 4) is 5.75 Å². The maximum absolute atomic E-state index is 11.8. The number of hydrogen-bond donors (Lipinski definition) is 0. The highest BCUT2D eigenvalue weighted by atomic mass is 35.5. The third kappa shape index (κ3) is 4.50. The second kappa shape index (κ2) is 6.99. The lowest BCUT2D eigenvalue weighted by molar-refractivity contribution is -0.128. The van der Waals surface area contributed by atoms with E-state index in [-0.39, 0.29) is 0 Å². The third-order valence-corrected chi connectivity index (χ3v) is 3.51. The van der Waals surface area contributed by atoms with Crippen molar-refractivity contribution in [3.63, 3.8) is 0 Å². The molecule has 0 unspecified atom stereocenters. The number of hydrogen-bond acceptors (Lipinski definition) is 2. The van der Waals surface area contributed by atoms with Crippen LogP contribution in [0.3, 0.4) is 0 Å². The number of benzene rings is 2. The molecule has 0 aromatic heterocycles. The van der Waals surface area contributed by atoms with Gasteiger partial charge in [0.2, 0.25) is 0 Å². The molecule has 0 aliphatic heterocycles. The summed E-state index contributed by atoms with van der Waals surface area (Å²) in [6.45, 7) is 1.81. The Morgan fingerprint density at radius 2 is 1.71 bits per heavy atom. The van der Waals surface area contributed by atoms with Crippen LogP contribution in [0.15, 0.2) is 42.5 Å². The standard InChI is InChI=1S/C16H11Cl3O2/c1-10-8-12(17)5-6-15(10)21-16(20)7-3-11-2-4-13(18)9-14(11)19/h2-9H,1H3/b7-3+. The fourth-order valence-electron chi connectivity index (χ4n) is 1.66. The van der Waals surface area contributed by atoms with Gasteiger partial charge in [-0.1, -0.05) is 40.9 Å². The van der Waals surface area contributed by atoms with Crippen molar-refractivity contribution in [2.45, 2.75) is 6.92 Å². The summed E-state index contributed by atoms with van der Waals surface area (Å²) in [6.07, 6.45) is 2.88. The highest BCUT2D eigenvalue weighted by Crippen LogP contribution is 2.23. The zero-order valence-electron chi connectivity index (χ0n) is 11.1. The van der Waals surface area contributed by atoms with Crippen LogP contribution in [0.1, 0.15) is 11.1 Å².